The molecule has 62 heavy (non-hydrogen) atoms. The summed E-state index contributed by atoms with van der Waals surface area (Å²) in [5.74, 6) is 0. The standard InChI is InChI=1S/C60H44N2/c1-41-33-44(20-19-43-21-27-53(28-22-43)61(54-29-23-45-11-3-7-15-49(45)36-54)55-30-24-46-12-4-8-16-50(46)37-55)35-59-42(2)34-58(40-60(41)59)62(56-31-25-47-13-5-9-17-51(47)38-56)57-32-26-48-14-6-10-18-52(48)39-57/h3-40H,1-2H3. The first-order valence-corrected chi connectivity index (χ1v) is 21.4. The zero-order valence-electron chi connectivity index (χ0n) is 34.8. The van der Waals surface area contributed by atoms with Gasteiger partial charge < -0.3 is 9.80 Å². The largest absolute Gasteiger partial charge is 0.310 e. The maximum absolute atomic E-state index is 2.41. The van der Waals surface area contributed by atoms with E-state index in [1.807, 2.05) is 0 Å². The normalized spacial score (nSPS) is 11.6. The van der Waals surface area contributed by atoms with Gasteiger partial charge in [-0.1, -0.05) is 152 Å². The van der Waals surface area contributed by atoms with Gasteiger partial charge in [-0.25, -0.2) is 0 Å². The summed E-state index contributed by atoms with van der Waals surface area (Å²) in [6, 6.07) is 79.6. The lowest BCUT2D eigenvalue weighted by atomic mass is 9.96. The Labute approximate surface area is 362 Å². The molecule has 0 aliphatic heterocycles. The van der Waals surface area contributed by atoms with Crippen LogP contribution in [0, 0.1) is 13.8 Å². The number of hydrogen-bond donors (Lipinski definition) is 0. The maximum atomic E-state index is 2.41. The molecule has 0 saturated heterocycles. The summed E-state index contributed by atoms with van der Waals surface area (Å²) in [5.41, 5.74) is 11.6. The van der Waals surface area contributed by atoms with E-state index in [-0.39, 0.29) is 0 Å². The number of rotatable bonds is 8. The molecule has 294 valence electrons. The molecule has 2 heteroatoms. The van der Waals surface area contributed by atoms with E-state index in [2.05, 4.69) is 254 Å². The lowest BCUT2D eigenvalue weighted by Gasteiger charge is -2.27. The van der Waals surface area contributed by atoms with Crippen LogP contribution in [-0.2, 0) is 0 Å². The molecule has 2 nitrogen and oxygen atoms in total. The summed E-state index contributed by atoms with van der Waals surface area (Å²) >= 11 is 0. The first kappa shape index (κ1) is 37.1. The highest BCUT2D eigenvalue weighted by molar-refractivity contribution is 5.98. The van der Waals surface area contributed by atoms with Crippen LogP contribution in [0.25, 0.3) is 66.0 Å². The van der Waals surface area contributed by atoms with Gasteiger partial charge in [0.25, 0.3) is 0 Å². The molecule has 0 aromatic heterocycles. The van der Waals surface area contributed by atoms with Crippen molar-refractivity contribution in [3.63, 3.8) is 0 Å². The summed E-state index contributed by atoms with van der Waals surface area (Å²) in [7, 11) is 0. The Morgan fingerprint density at radius 1 is 0.258 bits per heavy atom. The number of fused-ring (bicyclic) bond motifs is 5. The smallest absolute Gasteiger partial charge is 0.0470 e. The summed E-state index contributed by atoms with van der Waals surface area (Å²) in [6.45, 7) is 4.48. The minimum Gasteiger partial charge on any atom is -0.310 e. The molecule has 11 aromatic carbocycles. The van der Waals surface area contributed by atoms with E-state index in [0.29, 0.717) is 0 Å². The van der Waals surface area contributed by atoms with E-state index in [9.17, 15) is 0 Å². The second-order valence-corrected chi connectivity index (χ2v) is 16.4. The molecule has 0 aliphatic rings. The van der Waals surface area contributed by atoms with Crippen molar-refractivity contribution in [1.82, 2.24) is 0 Å². The van der Waals surface area contributed by atoms with Gasteiger partial charge in [0.05, 0.1) is 0 Å². The Kier molecular flexibility index (Phi) is 9.32. The Balaban J connectivity index is 0.930. The van der Waals surface area contributed by atoms with E-state index in [0.717, 1.165) is 39.7 Å². The van der Waals surface area contributed by atoms with Crippen molar-refractivity contribution in [1.29, 1.82) is 0 Å². The maximum Gasteiger partial charge on any atom is 0.0470 e. The van der Waals surface area contributed by atoms with Crippen LogP contribution in [0.15, 0.2) is 218 Å². The SMILES string of the molecule is Cc1cc(N(c2ccc3ccccc3c2)c2ccc3ccccc3c2)cc2c(C)cc(C=Cc3ccc(N(c4ccc5ccccc5c4)c4ccc5ccccc5c4)cc3)cc12. The van der Waals surface area contributed by atoms with E-state index in [4.69, 9.17) is 0 Å². The number of nitrogens with zero attached hydrogens (tertiary/aromatic N) is 2. The molecule has 0 aliphatic carbocycles. The van der Waals surface area contributed by atoms with Crippen LogP contribution < -0.4 is 9.80 Å². The van der Waals surface area contributed by atoms with Crippen LogP contribution >= 0.6 is 0 Å². The molecule has 0 bridgehead atoms. The predicted molar refractivity (Wildman–Crippen MR) is 268 cm³/mol. The second-order valence-electron chi connectivity index (χ2n) is 16.4. The van der Waals surface area contributed by atoms with E-state index in [1.165, 1.54) is 70.6 Å². The Bertz CT molecular complexity index is 3350. The quantitative estimate of drug-likeness (QED) is 0.141. The molecular formula is C60H44N2. The third kappa shape index (κ3) is 7.02. The molecule has 0 saturated carbocycles. The van der Waals surface area contributed by atoms with E-state index in [1.54, 1.807) is 0 Å². The monoisotopic (exact) mass is 792 g/mol. The Hall–Kier alpha value is -7.94. The summed E-state index contributed by atoms with van der Waals surface area (Å²) < 4.78 is 0. The molecule has 0 atom stereocenters. The third-order valence-electron chi connectivity index (χ3n) is 12.3. The van der Waals surface area contributed by atoms with Crippen molar-refractivity contribution >= 4 is 100 Å². The predicted octanol–water partition coefficient (Wildman–Crippen LogP) is 17.2. The van der Waals surface area contributed by atoms with Crippen molar-refractivity contribution in [2.75, 3.05) is 9.80 Å². The number of aryl methyl sites for hydroxylation is 2. The van der Waals surface area contributed by atoms with Gasteiger partial charge in [0.1, 0.15) is 0 Å². The molecule has 0 fully saturated rings. The van der Waals surface area contributed by atoms with Crippen molar-refractivity contribution in [2.24, 2.45) is 0 Å². The van der Waals surface area contributed by atoms with Gasteiger partial charge in [-0.2, -0.15) is 0 Å². The fraction of sp³-hybridized carbons (Fsp3) is 0.0333. The molecule has 0 spiro atoms. The fourth-order valence-electron chi connectivity index (χ4n) is 9.14. The average molecular weight is 793 g/mol. The zero-order chi connectivity index (χ0) is 41.6. The van der Waals surface area contributed by atoms with E-state index < -0.39 is 0 Å². The summed E-state index contributed by atoms with van der Waals surface area (Å²) in [6.07, 6.45) is 4.47. The fourth-order valence-corrected chi connectivity index (χ4v) is 9.14. The Morgan fingerprint density at radius 3 is 1.03 bits per heavy atom. The first-order valence-electron chi connectivity index (χ1n) is 21.4. The van der Waals surface area contributed by atoms with Crippen LogP contribution in [0.3, 0.4) is 0 Å². The van der Waals surface area contributed by atoms with Crippen molar-refractivity contribution in [3.05, 3.63) is 241 Å². The molecular weight excluding hydrogens is 749 g/mol. The molecule has 0 N–H and O–H groups in total. The molecule has 0 amide bonds. The van der Waals surface area contributed by atoms with E-state index >= 15 is 0 Å². The topological polar surface area (TPSA) is 6.48 Å². The van der Waals surface area contributed by atoms with Gasteiger partial charge in [-0.3, -0.25) is 0 Å². The van der Waals surface area contributed by atoms with Gasteiger partial charge >= 0.3 is 0 Å². The minimum absolute atomic E-state index is 1.11. The van der Waals surface area contributed by atoms with Gasteiger partial charge in [0.15, 0.2) is 0 Å². The average Bonchev–Trinajstić information content (AvgIpc) is 3.31. The van der Waals surface area contributed by atoms with Gasteiger partial charge in [0.2, 0.25) is 0 Å². The highest BCUT2D eigenvalue weighted by atomic mass is 15.1. The first-order chi connectivity index (χ1) is 30.5. The lowest BCUT2D eigenvalue weighted by Crippen LogP contribution is -2.10. The van der Waals surface area contributed by atoms with Crippen LogP contribution in [-0.4, -0.2) is 0 Å². The molecule has 0 unspecified atom stereocenters. The third-order valence-corrected chi connectivity index (χ3v) is 12.3. The number of hydrogen-bond acceptors (Lipinski definition) is 2. The van der Waals surface area contributed by atoms with Gasteiger partial charge in [0, 0.05) is 34.1 Å². The second kappa shape index (κ2) is 15.6. The summed E-state index contributed by atoms with van der Waals surface area (Å²) in [5, 5.41) is 12.4. The van der Waals surface area contributed by atoms with Crippen molar-refractivity contribution in [2.45, 2.75) is 13.8 Å². The highest BCUT2D eigenvalue weighted by Gasteiger charge is 2.17. The number of benzene rings is 11. The molecule has 0 heterocycles. The molecule has 0 radical (unpaired) electrons. The van der Waals surface area contributed by atoms with Crippen LogP contribution in [0.5, 0.6) is 0 Å². The van der Waals surface area contributed by atoms with Crippen LogP contribution in [0.4, 0.5) is 34.1 Å². The zero-order valence-corrected chi connectivity index (χ0v) is 34.8. The minimum atomic E-state index is 1.11. The Morgan fingerprint density at radius 2 is 0.597 bits per heavy atom. The van der Waals surface area contributed by atoms with Crippen molar-refractivity contribution < 1.29 is 0 Å². The van der Waals surface area contributed by atoms with Gasteiger partial charge in [-0.15, -0.1) is 0 Å². The molecule has 11 rings (SSSR count). The number of anilines is 6. The van der Waals surface area contributed by atoms with Crippen LogP contribution in [0.2, 0.25) is 0 Å². The lowest BCUT2D eigenvalue weighted by molar-refractivity contribution is 1.29. The van der Waals surface area contributed by atoms with Crippen LogP contribution in [0.1, 0.15) is 22.3 Å². The van der Waals surface area contributed by atoms with Gasteiger partial charge in [-0.05, 0) is 169 Å². The highest BCUT2D eigenvalue weighted by Crippen LogP contribution is 2.41. The molecule has 11 aromatic rings. The summed E-state index contributed by atoms with van der Waals surface area (Å²) in [4.78, 5) is 4.76. The van der Waals surface area contributed by atoms with Crippen molar-refractivity contribution in [3.8, 4) is 0 Å².